The summed E-state index contributed by atoms with van der Waals surface area (Å²) in [6.45, 7) is 5.10. The third-order valence-corrected chi connectivity index (χ3v) is 6.71. The van der Waals surface area contributed by atoms with Gasteiger partial charge >= 0.3 is 0 Å². The lowest BCUT2D eigenvalue weighted by Gasteiger charge is -2.18. The standard InChI is InChI=1S/C26H48N8O4S/c27-9-4-12-30-11-3-6-22(31-15-5-10-28)26(38)34-16-17-39-19-24(36)32-13-1-2-14-33-25(37)21-8-7-20(29)18-23(21)35/h7-8,18,22,30-31,35H,1-6,9-17,19,27-29H2,(H,32,36)(H,33,37)(H,34,38). The first kappa shape index (κ1) is 34.4. The number of carbonyl (C=O) groups is 3. The molecule has 1 atom stereocenters. The van der Waals surface area contributed by atoms with Crippen LogP contribution in [-0.4, -0.2) is 92.7 Å². The van der Waals surface area contributed by atoms with Crippen LogP contribution < -0.4 is 43.8 Å². The molecule has 1 unspecified atom stereocenters. The Morgan fingerprint density at radius 2 is 1.54 bits per heavy atom. The third kappa shape index (κ3) is 16.9. The third-order valence-electron chi connectivity index (χ3n) is 5.75. The highest BCUT2D eigenvalue weighted by molar-refractivity contribution is 7.99. The Morgan fingerprint density at radius 1 is 0.846 bits per heavy atom. The van der Waals surface area contributed by atoms with Gasteiger partial charge in [-0.3, -0.25) is 14.4 Å². The minimum absolute atomic E-state index is 0.0299. The Kier molecular flexibility index (Phi) is 19.7. The van der Waals surface area contributed by atoms with Gasteiger partial charge in [-0.25, -0.2) is 0 Å². The minimum atomic E-state index is -0.368. The molecule has 0 aliphatic carbocycles. The molecule has 1 aromatic carbocycles. The van der Waals surface area contributed by atoms with Crippen molar-refractivity contribution >= 4 is 35.2 Å². The second kappa shape index (κ2) is 22.3. The van der Waals surface area contributed by atoms with E-state index in [2.05, 4.69) is 26.6 Å². The number of phenols is 1. The zero-order chi connectivity index (χ0) is 28.7. The number of nitrogen functional groups attached to an aromatic ring is 1. The van der Waals surface area contributed by atoms with Gasteiger partial charge in [-0.15, -0.1) is 0 Å². The SMILES string of the molecule is NCCCNCCCC(NCCCN)C(=O)NCCSCC(=O)NCCCCNC(=O)c1ccc(N)cc1O. The maximum atomic E-state index is 12.6. The lowest BCUT2D eigenvalue weighted by atomic mass is 10.1. The van der Waals surface area contributed by atoms with Crippen molar-refractivity contribution in [2.24, 2.45) is 11.5 Å². The quantitative estimate of drug-likeness (QED) is 0.0609. The molecule has 3 amide bonds. The maximum absolute atomic E-state index is 12.6. The molecule has 0 aliphatic heterocycles. The molecule has 0 saturated carbocycles. The highest BCUT2D eigenvalue weighted by atomic mass is 32.2. The van der Waals surface area contributed by atoms with Gasteiger partial charge in [0.1, 0.15) is 5.75 Å². The molecule has 0 aromatic heterocycles. The van der Waals surface area contributed by atoms with E-state index in [1.807, 2.05) is 0 Å². The molecular formula is C26H48N8O4S. The summed E-state index contributed by atoms with van der Waals surface area (Å²) < 4.78 is 0. The smallest absolute Gasteiger partial charge is 0.255 e. The van der Waals surface area contributed by atoms with E-state index in [0.29, 0.717) is 69.3 Å². The number of hydrogen-bond donors (Lipinski definition) is 9. The van der Waals surface area contributed by atoms with Crippen LogP contribution in [0.15, 0.2) is 18.2 Å². The molecule has 222 valence electrons. The van der Waals surface area contributed by atoms with E-state index >= 15 is 0 Å². The first-order valence-electron chi connectivity index (χ1n) is 13.7. The topological polar surface area (TPSA) is 210 Å². The van der Waals surface area contributed by atoms with Crippen LogP contribution in [0.5, 0.6) is 5.75 Å². The summed E-state index contributed by atoms with van der Waals surface area (Å²) in [6.07, 6.45) is 4.76. The Morgan fingerprint density at radius 3 is 2.26 bits per heavy atom. The van der Waals surface area contributed by atoms with Gasteiger partial charge in [0.05, 0.1) is 17.4 Å². The largest absolute Gasteiger partial charge is 0.507 e. The van der Waals surface area contributed by atoms with E-state index in [4.69, 9.17) is 17.2 Å². The van der Waals surface area contributed by atoms with Gasteiger partial charge in [0.25, 0.3) is 5.91 Å². The number of unbranched alkanes of at least 4 members (excludes halogenated alkanes) is 1. The average Bonchev–Trinajstić information content (AvgIpc) is 2.91. The van der Waals surface area contributed by atoms with Crippen molar-refractivity contribution in [1.29, 1.82) is 0 Å². The molecule has 1 aromatic rings. The lowest BCUT2D eigenvalue weighted by molar-refractivity contribution is -0.123. The first-order chi connectivity index (χ1) is 18.9. The van der Waals surface area contributed by atoms with Crippen molar-refractivity contribution in [3.63, 3.8) is 0 Å². The van der Waals surface area contributed by atoms with Crippen LogP contribution >= 0.6 is 11.8 Å². The number of amides is 3. The molecule has 12 N–H and O–H groups in total. The Balaban J connectivity index is 2.12. The van der Waals surface area contributed by atoms with Crippen LogP contribution in [0.3, 0.4) is 0 Å². The summed E-state index contributed by atoms with van der Waals surface area (Å²) in [5, 5.41) is 25.0. The number of nitrogens with two attached hydrogens (primary N) is 3. The van der Waals surface area contributed by atoms with Gasteiger partial charge in [-0.05, 0) is 83.4 Å². The van der Waals surface area contributed by atoms with Gasteiger partial charge in [-0.1, -0.05) is 0 Å². The number of thioether (sulfide) groups is 1. The molecule has 0 fully saturated rings. The van der Waals surface area contributed by atoms with Crippen LogP contribution in [0.25, 0.3) is 0 Å². The summed E-state index contributed by atoms with van der Waals surface area (Å²) in [6, 6.07) is 4.11. The molecule has 39 heavy (non-hydrogen) atoms. The molecule has 12 nitrogen and oxygen atoms in total. The van der Waals surface area contributed by atoms with Crippen molar-refractivity contribution in [3.8, 4) is 5.75 Å². The highest BCUT2D eigenvalue weighted by Gasteiger charge is 2.17. The van der Waals surface area contributed by atoms with Crippen LogP contribution in [-0.2, 0) is 9.59 Å². The van der Waals surface area contributed by atoms with Crippen molar-refractivity contribution in [2.75, 3.05) is 69.6 Å². The van der Waals surface area contributed by atoms with Gasteiger partial charge in [-0.2, -0.15) is 11.8 Å². The van der Waals surface area contributed by atoms with Crippen LogP contribution in [0.4, 0.5) is 5.69 Å². The fourth-order valence-electron chi connectivity index (χ4n) is 3.59. The Hall–Kier alpha value is -2.58. The fraction of sp³-hybridized carbons (Fsp3) is 0.654. The van der Waals surface area contributed by atoms with Crippen LogP contribution in [0, 0.1) is 0 Å². The van der Waals surface area contributed by atoms with Gasteiger partial charge in [0.2, 0.25) is 11.8 Å². The van der Waals surface area contributed by atoms with E-state index in [0.717, 1.165) is 38.8 Å². The monoisotopic (exact) mass is 568 g/mol. The number of nitrogens with one attached hydrogen (secondary N) is 5. The minimum Gasteiger partial charge on any atom is -0.507 e. The van der Waals surface area contributed by atoms with Crippen molar-refractivity contribution in [1.82, 2.24) is 26.6 Å². The Labute approximate surface area is 236 Å². The number of hydrogen-bond acceptors (Lipinski definition) is 10. The van der Waals surface area contributed by atoms with Gasteiger partial charge in [0.15, 0.2) is 0 Å². The van der Waals surface area contributed by atoms with Gasteiger partial charge < -0.3 is 48.9 Å². The van der Waals surface area contributed by atoms with E-state index in [-0.39, 0.29) is 35.1 Å². The zero-order valence-electron chi connectivity index (χ0n) is 22.9. The van der Waals surface area contributed by atoms with Crippen LogP contribution in [0.1, 0.15) is 48.9 Å². The highest BCUT2D eigenvalue weighted by Crippen LogP contribution is 2.19. The van der Waals surface area contributed by atoms with E-state index in [1.165, 1.54) is 23.9 Å². The number of carbonyl (C=O) groups excluding carboxylic acids is 3. The van der Waals surface area contributed by atoms with E-state index in [1.54, 1.807) is 6.07 Å². The molecule has 0 bridgehead atoms. The molecule has 1 rings (SSSR count). The van der Waals surface area contributed by atoms with Crippen molar-refractivity contribution < 1.29 is 19.5 Å². The number of anilines is 1. The summed E-state index contributed by atoms with van der Waals surface area (Å²) in [4.78, 5) is 36.7. The fourth-order valence-corrected chi connectivity index (χ4v) is 4.27. The molecular weight excluding hydrogens is 520 g/mol. The predicted molar refractivity (Wildman–Crippen MR) is 159 cm³/mol. The predicted octanol–water partition coefficient (Wildman–Crippen LogP) is -0.524. The normalized spacial score (nSPS) is 11.6. The number of phenolic OH excluding ortho intramolecular Hbond substituents is 1. The summed E-state index contributed by atoms with van der Waals surface area (Å²) in [5.41, 5.74) is 17.2. The average molecular weight is 569 g/mol. The molecule has 0 aliphatic rings. The zero-order valence-corrected chi connectivity index (χ0v) is 23.8. The van der Waals surface area contributed by atoms with E-state index < -0.39 is 0 Å². The van der Waals surface area contributed by atoms with Gasteiger partial charge in [0, 0.05) is 37.1 Å². The van der Waals surface area contributed by atoms with Crippen LogP contribution in [0.2, 0.25) is 0 Å². The lowest BCUT2D eigenvalue weighted by Crippen LogP contribution is -2.45. The Bertz CT molecular complexity index is 846. The summed E-state index contributed by atoms with van der Waals surface area (Å²) in [7, 11) is 0. The molecule has 0 spiro atoms. The molecule has 0 saturated heterocycles. The number of aromatic hydroxyl groups is 1. The number of benzene rings is 1. The van der Waals surface area contributed by atoms with Crippen molar-refractivity contribution in [3.05, 3.63) is 23.8 Å². The maximum Gasteiger partial charge on any atom is 0.255 e. The van der Waals surface area contributed by atoms with E-state index in [9.17, 15) is 19.5 Å². The first-order valence-corrected chi connectivity index (χ1v) is 14.9. The van der Waals surface area contributed by atoms with Crippen molar-refractivity contribution in [2.45, 2.75) is 44.6 Å². The molecule has 0 radical (unpaired) electrons. The second-order valence-electron chi connectivity index (χ2n) is 9.12. The second-order valence-corrected chi connectivity index (χ2v) is 10.2. The summed E-state index contributed by atoms with van der Waals surface area (Å²) >= 11 is 1.46. The number of rotatable bonds is 23. The summed E-state index contributed by atoms with van der Waals surface area (Å²) in [5.74, 6) is 0.337. The molecule has 0 heterocycles. The molecule has 13 heteroatoms.